The summed E-state index contributed by atoms with van der Waals surface area (Å²) in [6.07, 6.45) is 0. The van der Waals surface area contributed by atoms with E-state index in [1.54, 1.807) is 18.2 Å². The standard InChI is InChI=1S/C18H18Cl3N3O/c19-13-4-6-14(7-5-13)24-10-8-23(9-11-24)12-17(25)22-18-15(20)2-1-3-16(18)21/h1-7H,8-12H2,(H,22,25). The number of nitrogens with one attached hydrogen (secondary N) is 1. The van der Waals surface area contributed by atoms with Crippen LogP contribution < -0.4 is 10.2 Å². The molecule has 25 heavy (non-hydrogen) atoms. The normalized spacial score (nSPS) is 15.2. The maximum absolute atomic E-state index is 12.3. The summed E-state index contributed by atoms with van der Waals surface area (Å²) < 4.78 is 0. The number of amides is 1. The quantitative estimate of drug-likeness (QED) is 0.829. The Morgan fingerprint density at radius 3 is 2.12 bits per heavy atom. The third kappa shape index (κ3) is 4.79. The molecule has 1 N–H and O–H groups in total. The van der Waals surface area contributed by atoms with Crippen LogP contribution in [0.1, 0.15) is 0 Å². The van der Waals surface area contributed by atoms with Crippen molar-refractivity contribution in [3.63, 3.8) is 0 Å². The van der Waals surface area contributed by atoms with E-state index in [4.69, 9.17) is 34.8 Å². The first-order chi connectivity index (χ1) is 12.0. The second-order valence-electron chi connectivity index (χ2n) is 5.88. The zero-order valence-corrected chi connectivity index (χ0v) is 15.8. The van der Waals surface area contributed by atoms with Gasteiger partial charge in [-0.05, 0) is 36.4 Å². The van der Waals surface area contributed by atoms with Crippen LogP contribution in [0.5, 0.6) is 0 Å². The van der Waals surface area contributed by atoms with Gasteiger partial charge in [0.15, 0.2) is 0 Å². The predicted molar refractivity (Wildman–Crippen MR) is 105 cm³/mol. The van der Waals surface area contributed by atoms with Crippen LogP contribution >= 0.6 is 34.8 Å². The molecule has 0 saturated carbocycles. The first-order valence-corrected chi connectivity index (χ1v) is 9.13. The number of benzene rings is 2. The molecule has 2 aromatic carbocycles. The molecule has 1 amide bonds. The van der Waals surface area contributed by atoms with Gasteiger partial charge in [0.05, 0.1) is 22.3 Å². The van der Waals surface area contributed by atoms with Crippen LogP contribution in [0.2, 0.25) is 15.1 Å². The Morgan fingerprint density at radius 2 is 1.52 bits per heavy atom. The van der Waals surface area contributed by atoms with E-state index in [2.05, 4.69) is 15.1 Å². The Morgan fingerprint density at radius 1 is 0.920 bits per heavy atom. The van der Waals surface area contributed by atoms with Crippen molar-refractivity contribution in [2.24, 2.45) is 0 Å². The van der Waals surface area contributed by atoms with Crippen molar-refractivity contribution < 1.29 is 4.79 Å². The van der Waals surface area contributed by atoms with E-state index in [1.165, 1.54) is 0 Å². The van der Waals surface area contributed by atoms with Gasteiger partial charge in [-0.1, -0.05) is 40.9 Å². The SMILES string of the molecule is O=C(CN1CCN(c2ccc(Cl)cc2)CC1)Nc1c(Cl)cccc1Cl. The molecule has 1 aliphatic heterocycles. The van der Waals surface area contributed by atoms with Crippen LogP contribution in [-0.2, 0) is 4.79 Å². The highest BCUT2D eigenvalue weighted by molar-refractivity contribution is 6.39. The minimum Gasteiger partial charge on any atom is -0.369 e. The lowest BCUT2D eigenvalue weighted by molar-refractivity contribution is -0.117. The van der Waals surface area contributed by atoms with Gasteiger partial charge in [-0.15, -0.1) is 0 Å². The summed E-state index contributed by atoms with van der Waals surface area (Å²) in [5.41, 5.74) is 1.62. The van der Waals surface area contributed by atoms with Crippen molar-refractivity contribution in [2.45, 2.75) is 0 Å². The molecule has 0 atom stereocenters. The van der Waals surface area contributed by atoms with Gasteiger partial charge in [-0.2, -0.15) is 0 Å². The predicted octanol–water partition coefficient (Wildman–Crippen LogP) is 4.41. The highest BCUT2D eigenvalue weighted by Crippen LogP contribution is 2.29. The van der Waals surface area contributed by atoms with Gasteiger partial charge in [0.25, 0.3) is 0 Å². The van der Waals surface area contributed by atoms with Crippen LogP contribution in [0.3, 0.4) is 0 Å². The second-order valence-corrected chi connectivity index (χ2v) is 7.14. The zero-order chi connectivity index (χ0) is 17.8. The molecule has 4 nitrogen and oxygen atoms in total. The van der Waals surface area contributed by atoms with Crippen LogP contribution in [-0.4, -0.2) is 43.5 Å². The maximum Gasteiger partial charge on any atom is 0.238 e. The largest absolute Gasteiger partial charge is 0.369 e. The molecular formula is C18H18Cl3N3O. The molecular weight excluding hydrogens is 381 g/mol. The molecule has 0 spiro atoms. The van der Waals surface area contributed by atoms with Crippen LogP contribution in [0, 0.1) is 0 Å². The van der Waals surface area contributed by atoms with E-state index < -0.39 is 0 Å². The number of halogens is 3. The number of hydrogen-bond donors (Lipinski definition) is 1. The van der Waals surface area contributed by atoms with E-state index in [-0.39, 0.29) is 5.91 Å². The summed E-state index contributed by atoms with van der Waals surface area (Å²) in [5, 5.41) is 4.41. The van der Waals surface area contributed by atoms with Gasteiger partial charge in [-0.3, -0.25) is 9.69 Å². The molecule has 0 aromatic heterocycles. The van der Waals surface area contributed by atoms with Crippen LogP contribution in [0.25, 0.3) is 0 Å². The third-order valence-electron chi connectivity index (χ3n) is 4.16. The summed E-state index contributed by atoms with van der Waals surface area (Å²) in [7, 11) is 0. The minimum atomic E-state index is -0.116. The molecule has 7 heteroatoms. The Kier molecular flexibility index (Phi) is 6.07. The molecule has 1 heterocycles. The van der Waals surface area contributed by atoms with Gasteiger partial charge >= 0.3 is 0 Å². The summed E-state index contributed by atoms with van der Waals surface area (Å²) in [5.74, 6) is -0.116. The molecule has 2 aromatic rings. The fourth-order valence-corrected chi connectivity index (χ4v) is 3.43. The lowest BCUT2D eigenvalue weighted by atomic mass is 10.2. The Balaban J connectivity index is 1.52. The first kappa shape index (κ1) is 18.3. The molecule has 132 valence electrons. The van der Waals surface area contributed by atoms with E-state index in [9.17, 15) is 4.79 Å². The van der Waals surface area contributed by atoms with Crippen molar-refractivity contribution in [3.8, 4) is 0 Å². The Hall–Kier alpha value is -1.46. The summed E-state index contributed by atoms with van der Waals surface area (Å²) >= 11 is 18.1. The van der Waals surface area contributed by atoms with Gasteiger partial charge in [-0.25, -0.2) is 0 Å². The monoisotopic (exact) mass is 397 g/mol. The number of carbonyl (C=O) groups is 1. The average Bonchev–Trinajstić information content (AvgIpc) is 2.60. The fourth-order valence-electron chi connectivity index (χ4n) is 2.82. The topological polar surface area (TPSA) is 35.6 Å². The number of rotatable bonds is 4. The highest BCUT2D eigenvalue weighted by Gasteiger charge is 2.20. The molecule has 0 radical (unpaired) electrons. The lowest BCUT2D eigenvalue weighted by Crippen LogP contribution is -2.48. The Labute approximate surface area is 162 Å². The van der Waals surface area contributed by atoms with Crippen LogP contribution in [0.15, 0.2) is 42.5 Å². The molecule has 1 fully saturated rings. The van der Waals surface area contributed by atoms with Crippen molar-refractivity contribution in [2.75, 3.05) is 42.9 Å². The average molecular weight is 399 g/mol. The van der Waals surface area contributed by atoms with E-state index in [0.717, 1.165) is 36.9 Å². The molecule has 1 saturated heterocycles. The summed E-state index contributed by atoms with van der Waals surface area (Å²) in [4.78, 5) is 16.7. The van der Waals surface area contributed by atoms with Gasteiger partial charge in [0.2, 0.25) is 5.91 Å². The number of anilines is 2. The van der Waals surface area contributed by atoms with Crippen LogP contribution in [0.4, 0.5) is 11.4 Å². The molecule has 1 aliphatic rings. The maximum atomic E-state index is 12.3. The van der Waals surface area contributed by atoms with Crippen molar-refractivity contribution in [3.05, 3.63) is 57.5 Å². The smallest absolute Gasteiger partial charge is 0.238 e. The second kappa shape index (κ2) is 8.28. The number of hydrogen-bond acceptors (Lipinski definition) is 3. The minimum absolute atomic E-state index is 0.116. The molecule has 3 rings (SSSR count). The van der Waals surface area contributed by atoms with E-state index in [0.29, 0.717) is 22.3 Å². The van der Waals surface area contributed by atoms with E-state index >= 15 is 0 Å². The summed E-state index contributed by atoms with van der Waals surface area (Å²) in [6.45, 7) is 3.66. The lowest BCUT2D eigenvalue weighted by Gasteiger charge is -2.35. The molecule has 0 aliphatic carbocycles. The molecule has 0 bridgehead atoms. The van der Waals surface area contributed by atoms with Gasteiger partial charge in [0.1, 0.15) is 0 Å². The first-order valence-electron chi connectivity index (χ1n) is 7.99. The third-order valence-corrected chi connectivity index (χ3v) is 5.04. The van der Waals surface area contributed by atoms with Crippen molar-refractivity contribution >= 4 is 52.1 Å². The number of piperazine rings is 1. The summed E-state index contributed by atoms with van der Waals surface area (Å²) in [6, 6.07) is 13.0. The zero-order valence-electron chi connectivity index (χ0n) is 13.5. The van der Waals surface area contributed by atoms with Crippen molar-refractivity contribution in [1.82, 2.24) is 4.90 Å². The van der Waals surface area contributed by atoms with Gasteiger partial charge in [0, 0.05) is 36.9 Å². The molecule has 0 unspecified atom stereocenters. The number of nitrogens with zero attached hydrogens (tertiary/aromatic N) is 2. The number of para-hydroxylation sites is 1. The number of carbonyl (C=O) groups excluding carboxylic acids is 1. The Bertz CT molecular complexity index is 723. The van der Waals surface area contributed by atoms with E-state index in [1.807, 2.05) is 24.3 Å². The fraction of sp³-hybridized carbons (Fsp3) is 0.278. The van der Waals surface area contributed by atoms with Crippen molar-refractivity contribution in [1.29, 1.82) is 0 Å². The van der Waals surface area contributed by atoms with Gasteiger partial charge < -0.3 is 10.2 Å². The highest BCUT2D eigenvalue weighted by atomic mass is 35.5.